The lowest BCUT2D eigenvalue weighted by molar-refractivity contribution is -0.142. The van der Waals surface area contributed by atoms with E-state index in [-0.39, 0.29) is 12.6 Å². The third-order valence-corrected chi connectivity index (χ3v) is 3.26. The highest BCUT2D eigenvalue weighted by Gasteiger charge is 2.10. The van der Waals surface area contributed by atoms with Crippen LogP contribution in [0.15, 0.2) is 18.2 Å². The fourth-order valence-electron chi connectivity index (χ4n) is 1.45. The summed E-state index contributed by atoms with van der Waals surface area (Å²) in [5, 5.41) is 0.696. The monoisotopic (exact) mass is 265 g/mol. The van der Waals surface area contributed by atoms with Crippen LogP contribution in [0.3, 0.4) is 0 Å². The van der Waals surface area contributed by atoms with Crippen molar-refractivity contribution < 1.29 is 19.1 Å². The number of hydrogen-bond acceptors (Lipinski definition) is 6. The predicted octanol–water partition coefficient (Wildman–Crippen LogP) is 2.15. The van der Waals surface area contributed by atoms with Gasteiger partial charge >= 0.3 is 11.9 Å². The van der Waals surface area contributed by atoms with E-state index < -0.39 is 5.97 Å². The number of thiazole rings is 1. The van der Waals surface area contributed by atoms with Gasteiger partial charge in [-0.05, 0) is 18.2 Å². The second-order valence-electron chi connectivity index (χ2n) is 3.56. The number of nitrogens with zero attached hydrogens (tertiary/aromatic N) is 1. The van der Waals surface area contributed by atoms with E-state index in [2.05, 4.69) is 9.72 Å². The van der Waals surface area contributed by atoms with Gasteiger partial charge in [0.25, 0.3) is 0 Å². The van der Waals surface area contributed by atoms with E-state index >= 15 is 0 Å². The largest absolute Gasteiger partial charge is 0.465 e. The minimum Gasteiger partial charge on any atom is -0.465 e. The molecule has 1 aromatic carbocycles. The molecule has 0 aliphatic carbocycles. The van der Waals surface area contributed by atoms with Gasteiger partial charge in [0.15, 0.2) is 0 Å². The van der Waals surface area contributed by atoms with Crippen LogP contribution in [0.25, 0.3) is 10.2 Å². The van der Waals surface area contributed by atoms with Gasteiger partial charge in [-0.1, -0.05) is 0 Å². The Morgan fingerprint density at radius 1 is 1.39 bits per heavy atom. The molecule has 0 saturated carbocycles. The van der Waals surface area contributed by atoms with Crippen molar-refractivity contribution in [1.29, 1.82) is 0 Å². The normalized spacial score (nSPS) is 10.3. The zero-order valence-electron chi connectivity index (χ0n) is 9.93. The minimum atomic E-state index is -0.397. The van der Waals surface area contributed by atoms with Crippen molar-refractivity contribution in [1.82, 2.24) is 4.98 Å². The Morgan fingerprint density at radius 2 is 2.17 bits per heavy atom. The van der Waals surface area contributed by atoms with Gasteiger partial charge < -0.3 is 9.47 Å². The molecule has 2 rings (SSSR count). The lowest BCUT2D eigenvalue weighted by Crippen LogP contribution is -2.00. The zero-order chi connectivity index (χ0) is 13.1. The molecule has 94 valence electrons. The summed E-state index contributed by atoms with van der Waals surface area (Å²) >= 11 is 1.43. The maximum absolute atomic E-state index is 11.4. The Labute approximate surface area is 107 Å². The summed E-state index contributed by atoms with van der Waals surface area (Å²) in [5.74, 6) is -0.740. The molecule has 0 unspecified atom stereocenters. The first-order valence-electron chi connectivity index (χ1n) is 5.21. The minimum absolute atomic E-state index is 0.155. The van der Waals surface area contributed by atoms with E-state index in [9.17, 15) is 9.59 Å². The van der Waals surface area contributed by atoms with E-state index in [4.69, 9.17) is 4.74 Å². The van der Waals surface area contributed by atoms with E-state index in [1.807, 2.05) is 0 Å². The molecule has 0 spiro atoms. The topological polar surface area (TPSA) is 65.5 Å². The number of aromatic nitrogens is 1. The first-order valence-corrected chi connectivity index (χ1v) is 6.03. The highest BCUT2D eigenvalue weighted by atomic mass is 32.1. The van der Waals surface area contributed by atoms with Gasteiger partial charge in [-0.15, -0.1) is 11.3 Å². The number of fused-ring (bicyclic) bond motifs is 1. The van der Waals surface area contributed by atoms with Crippen LogP contribution in [0.4, 0.5) is 0 Å². The van der Waals surface area contributed by atoms with Gasteiger partial charge in [-0.25, -0.2) is 9.78 Å². The molecule has 0 atom stereocenters. The third-order valence-electron chi connectivity index (χ3n) is 2.25. The quantitative estimate of drug-likeness (QED) is 0.795. The van der Waals surface area contributed by atoms with Crippen molar-refractivity contribution in [3.63, 3.8) is 0 Å². The molecule has 0 aliphatic rings. The van der Waals surface area contributed by atoms with Gasteiger partial charge in [0.1, 0.15) is 11.6 Å². The molecule has 0 radical (unpaired) electrons. The number of methoxy groups -OCH3 is 1. The molecular weight excluding hydrogens is 254 g/mol. The van der Waals surface area contributed by atoms with Crippen molar-refractivity contribution in [2.45, 2.75) is 13.5 Å². The Morgan fingerprint density at radius 3 is 2.83 bits per heavy atom. The summed E-state index contributed by atoms with van der Waals surface area (Å²) in [5.41, 5.74) is 1.15. The van der Waals surface area contributed by atoms with Crippen LogP contribution in [0.1, 0.15) is 22.3 Å². The number of carbonyl (C=O) groups excluding carboxylic acids is 2. The smallest absolute Gasteiger partial charge is 0.337 e. The second-order valence-corrected chi connectivity index (χ2v) is 4.68. The SMILES string of the molecule is COC(=O)c1ccc2sc(COC(C)=O)nc2c1. The van der Waals surface area contributed by atoms with Gasteiger partial charge in [-0.2, -0.15) is 0 Å². The van der Waals surface area contributed by atoms with E-state index in [1.165, 1.54) is 25.4 Å². The molecule has 2 aromatic rings. The molecular formula is C12H11NO4S. The Balaban J connectivity index is 2.28. The van der Waals surface area contributed by atoms with Crippen LogP contribution in [0, 0.1) is 0 Å². The second kappa shape index (κ2) is 5.14. The van der Waals surface area contributed by atoms with Crippen molar-refractivity contribution in [2.24, 2.45) is 0 Å². The molecule has 1 heterocycles. The summed E-state index contributed by atoms with van der Waals surface area (Å²) < 4.78 is 10.4. The average Bonchev–Trinajstić information content (AvgIpc) is 2.77. The molecule has 0 saturated heterocycles. The molecule has 0 N–H and O–H groups in total. The third kappa shape index (κ3) is 2.65. The van der Waals surface area contributed by atoms with Crippen LogP contribution in [0.5, 0.6) is 0 Å². The molecule has 0 fully saturated rings. The number of ether oxygens (including phenoxy) is 2. The maximum Gasteiger partial charge on any atom is 0.337 e. The van der Waals surface area contributed by atoms with Crippen molar-refractivity contribution in [2.75, 3.05) is 7.11 Å². The average molecular weight is 265 g/mol. The summed E-state index contributed by atoms with van der Waals surface area (Å²) in [6, 6.07) is 5.15. The fourth-order valence-corrected chi connectivity index (χ4v) is 2.31. The van der Waals surface area contributed by atoms with Gasteiger partial charge in [0, 0.05) is 6.92 Å². The Kier molecular flexibility index (Phi) is 3.57. The molecule has 0 aliphatic heterocycles. The molecule has 6 heteroatoms. The first kappa shape index (κ1) is 12.5. The van der Waals surface area contributed by atoms with Crippen molar-refractivity contribution in [3.05, 3.63) is 28.8 Å². The standard InChI is InChI=1S/C12H11NO4S/c1-7(14)17-6-11-13-9-5-8(12(15)16-2)3-4-10(9)18-11/h3-5H,6H2,1-2H3. The van der Waals surface area contributed by atoms with Crippen LogP contribution in [0.2, 0.25) is 0 Å². The number of benzene rings is 1. The highest BCUT2D eigenvalue weighted by molar-refractivity contribution is 7.18. The van der Waals surface area contributed by atoms with Gasteiger partial charge in [-0.3, -0.25) is 4.79 Å². The summed E-state index contributed by atoms with van der Waals surface area (Å²) in [6.45, 7) is 1.50. The lowest BCUT2D eigenvalue weighted by Gasteiger charge is -1.97. The number of hydrogen-bond donors (Lipinski definition) is 0. The predicted molar refractivity (Wildman–Crippen MR) is 66.4 cm³/mol. The van der Waals surface area contributed by atoms with E-state index in [1.54, 1.807) is 18.2 Å². The molecule has 5 nitrogen and oxygen atoms in total. The Hall–Kier alpha value is -1.95. The molecule has 18 heavy (non-hydrogen) atoms. The maximum atomic E-state index is 11.4. The highest BCUT2D eigenvalue weighted by Crippen LogP contribution is 2.23. The van der Waals surface area contributed by atoms with Gasteiger partial charge in [0.05, 0.1) is 22.9 Å². The Bertz CT molecular complexity index is 605. The molecule has 0 bridgehead atoms. The van der Waals surface area contributed by atoms with Crippen LogP contribution in [-0.2, 0) is 20.9 Å². The number of rotatable bonds is 3. The van der Waals surface area contributed by atoms with E-state index in [0.29, 0.717) is 16.1 Å². The first-order chi connectivity index (χ1) is 8.60. The van der Waals surface area contributed by atoms with Gasteiger partial charge in [0.2, 0.25) is 0 Å². The molecule has 1 aromatic heterocycles. The van der Waals surface area contributed by atoms with E-state index in [0.717, 1.165) is 4.70 Å². The van der Waals surface area contributed by atoms with Crippen LogP contribution < -0.4 is 0 Å². The molecule has 0 amide bonds. The van der Waals surface area contributed by atoms with Crippen molar-refractivity contribution >= 4 is 33.5 Å². The van der Waals surface area contributed by atoms with Crippen molar-refractivity contribution in [3.8, 4) is 0 Å². The summed E-state index contributed by atoms with van der Waals surface area (Å²) in [6.07, 6.45) is 0. The number of esters is 2. The van der Waals surface area contributed by atoms with Crippen LogP contribution in [-0.4, -0.2) is 24.0 Å². The van der Waals surface area contributed by atoms with Crippen LogP contribution >= 0.6 is 11.3 Å². The summed E-state index contributed by atoms with van der Waals surface area (Å²) in [7, 11) is 1.33. The summed E-state index contributed by atoms with van der Waals surface area (Å²) in [4.78, 5) is 26.4. The lowest BCUT2D eigenvalue weighted by atomic mass is 10.2. The zero-order valence-corrected chi connectivity index (χ0v) is 10.7. The number of carbonyl (C=O) groups is 2. The fraction of sp³-hybridized carbons (Fsp3) is 0.250.